The SMILES string of the molecule is Cl.Cl.Fc1ccc(CN2CCN3CCc4ccc(F)cc4C3C2)cc1. The number of hydrogen-bond acceptors (Lipinski definition) is 2. The highest BCUT2D eigenvalue weighted by molar-refractivity contribution is 5.85. The average molecular weight is 387 g/mol. The average Bonchev–Trinajstić information content (AvgIpc) is 2.57. The number of nitrogens with zero attached hydrogens (tertiary/aromatic N) is 2. The van der Waals surface area contributed by atoms with Gasteiger partial charge < -0.3 is 0 Å². The molecule has 6 heteroatoms. The summed E-state index contributed by atoms with van der Waals surface area (Å²) in [5.74, 6) is -0.350. The summed E-state index contributed by atoms with van der Waals surface area (Å²) in [4.78, 5) is 4.84. The molecule has 2 heterocycles. The summed E-state index contributed by atoms with van der Waals surface area (Å²) in [5, 5.41) is 0. The van der Waals surface area contributed by atoms with Crippen LogP contribution in [0, 0.1) is 11.6 Å². The third-order valence-corrected chi connectivity index (χ3v) is 5.03. The molecular formula is C19H22Cl2F2N2. The number of hydrogen-bond donors (Lipinski definition) is 0. The van der Waals surface area contributed by atoms with E-state index in [4.69, 9.17) is 0 Å². The van der Waals surface area contributed by atoms with Crippen molar-refractivity contribution in [1.29, 1.82) is 0 Å². The number of fused-ring (bicyclic) bond motifs is 3. The highest BCUT2D eigenvalue weighted by Crippen LogP contribution is 2.33. The van der Waals surface area contributed by atoms with Crippen molar-refractivity contribution in [2.24, 2.45) is 0 Å². The fourth-order valence-corrected chi connectivity index (χ4v) is 3.80. The van der Waals surface area contributed by atoms with Gasteiger partial charge in [-0.3, -0.25) is 9.80 Å². The molecule has 2 nitrogen and oxygen atoms in total. The van der Waals surface area contributed by atoms with E-state index >= 15 is 0 Å². The molecule has 0 saturated carbocycles. The lowest BCUT2D eigenvalue weighted by atomic mass is 9.90. The number of benzene rings is 2. The van der Waals surface area contributed by atoms with Crippen molar-refractivity contribution in [3.05, 3.63) is 70.8 Å². The third kappa shape index (κ3) is 4.32. The first kappa shape index (κ1) is 20.1. The van der Waals surface area contributed by atoms with Crippen LogP contribution >= 0.6 is 24.8 Å². The second-order valence-corrected chi connectivity index (χ2v) is 6.51. The van der Waals surface area contributed by atoms with E-state index < -0.39 is 0 Å². The van der Waals surface area contributed by atoms with Crippen LogP contribution in [-0.4, -0.2) is 36.0 Å². The molecule has 0 aromatic heterocycles. The molecule has 4 rings (SSSR count). The quantitative estimate of drug-likeness (QED) is 0.761. The summed E-state index contributed by atoms with van der Waals surface area (Å²) in [5.41, 5.74) is 3.53. The van der Waals surface area contributed by atoms with Gasteiger partial charge in [0.2, 0.25) is 0 Å². The van der Waals surface area contributed by atoms with E-state index in [2.05, 4.69) is 9.80 Å². The van der Waals surface area contributed by atoms with Crippen molar-refractivity contribution in [1.82, 2.24) is 9.80 Å². The highest BCUT2D eigenvalue weighted by Gasteiger charge is 2.32. The fourth-order valence-electron chi connectivity index (χ4n) is 3.80. The predicted molar refractivity (Wildman–Crippen MR) is 101 cm³/mol. The molecule has 2 aliphatic rings. The lowest BCUT2D eigenvalue weighted by molar-refractivity contribution is 0.0628. The van der Waals surface area contributed by atoms with Crippen LogP contribution in [0.25, 0.3) is 0 Å². The molecular weight excluding hydrogens is 365 g/mol. The van der Waals surface area contributed by atoms with Gasteiger partial charge >= 0.3 is 0 Å². The van der Waals surface area contributed by atoms with E-state index in [0.717, 1.165) is 50.3 Å². The summed E-state index contributed by atoms with van der Waals surface area (Å²) in [6, 6.07) is 12.2. The van der Waals surface area contributed by atoms with E-state index in [9.17, 15) is 8.78 Å². The Kier molecular flexibility index (Phi) is 6.80. The lowest BCUT2D eigenvalue weighted by Gasteiger charge is -2.45. The molecule has 2 aromatic carbocycles. The van der Waals surface area contributed by atoms with Gasteiger partial charge in [0.15, 0.2) is 0 Å². The normalized spacial score (nSPS) is 20.0. The molecule has 0 bridgehead atoms. The molecule has 1 unspecified atom stereocenters. The van der Waals surface area contributed by atoms with Gasteiger partial charge in [-0.05, 0) is 47.4 Å². The summed E-state index contributed by atoms with van der Waals surface area (Å²) in [6.45, 7) is 4.76. The molecule has 136 valence electrons. The third-order valence-electron chi connectivity index (χ3n) is 5.03. The zero-order chi connectivity index (χ0) is 15.8. The molecule has 0 aliphatic carbocycles. The second kappa shape index (κ2) is 8.45. The predicted octanol–water partition coefficient (Wildman–Crippen LogP) is 4.22. The van der Waals surface area contributed by atoms with Gasteiger partial charge in [0.1, 0.15) is 11.6 Å². The van der Waals surface area contributed by atoms with Crippen LogP contribution in [-0.2, 0) is 13.0 Å². The first-order chi connectivity index (χ1) is 11.2. The van der Waals surface area contributed by atoms with Gasteiger partial charge in [-0.1, -0.05) is 18.2 Å². The Labute approximate surface area is 159 Å². The summed E-state index contributed by atoms with van der Waals surface area (Å²) < 4.78 is 26.7. The van der Waals surface area contributed by atoms with Crippen LogP contribution in [0.4, 0.5) is 8.78 Å². The van der Waals surface area contributed by atoms with Gasteiger partial charge in [-0.15, -0.1) is 24.8 Å². The Morgan fingerprint density at radius 3 is 2.36 bits per heavy atom. The maximum absolute atomic E-state index is 13.7. The van der Waals surface area contributed by atoms with Crippen molar-refractivity contribution in [2.45, 2.75) is 19.0 Å². The summed E-state index contributed by atoms with van der Waals surface area (Å²) in [6.07, 6.45) is 1.00. The Balaban J connectivity index is 0.00000113. The maximum atomic E-state index is 13.7. The molecule has 0 spiro atoms. The first-order valence-corrected chi connectivity index (χ1v) is 8.18. The first-order valence-electron chi connectivity index (χ1n) is 8.18. The van der Waals surface area contributed by atoms with E-state index in [0.29, 0.717) is 0 Å². The molecule has 0 amide bonds. The van der Waals surface area contributed by atoms with Crippen molar-refractivity contribution in [3.63, 3.8) is 0 Å². The second-order valence-electron chi connectivity index (χ2n) is 6.51. The van der Waals surface area contributed by atoms with Crippen LogP contribution < -0.4 is 0 Å². The largest absolute Gasteiger partial charge is 0.296 e. The van der Waals surface area contributed by atoms with E-state index in [1.807, 2.05) is 18.2 Å². The standard InChI is InChI=1S/C19H20F2N2.2ClH/c20-16-4-1-14(2-5-16)12-22-9-10-23-8-7-15-3-6-17(21)11-18(15)19(23)13-22;;/h1-6,11,19H,7-10,12-13H2;2*1H. The van der Waals surface area contributed by atoms with Gasteiger partial charge in [-0.2, -0.15) is 0 Å². The fraction of sp³-hybridized carbons (Fsp3) is 0.368. The van der Waals surface area contributed by atoms with Crippen LogP contribution in [0.1, 0.15) is 22.7 Å². The smallest absolute Gasteiger partial charge is 0.123 e. The van der Waals surface area contributed by atoms with Crippen molar-refractivity contribution in [3.8, 4) is 0 Å². The Hall–Kier alpha value is -1.20. The summed E-state index contributed by atoms with van der Waals surface area (Å²) in [7, 11) is 0. The van der Waals surface area contributed by atoms with Crippen LogP contribution in [0.5, 0.6) is 0 Å². The van der Waals surface area contributed by atoms with Crippen molar-refractivity contribution >= 4 is 24.8 Å². The molecule has 1 atom stereocenters. The van der Waals surface area contributed by atoms with E-state index in [1.165, 1.54) is 17.7 Å². The zero-order valence-corrected chi connectivity index (χ0v) is 15.5. The number of halogens is 4. The number of piperazine rings is 1. The van der Waals surface area contributed by atoms with Gasteiger partial charge in [0, 0.05) is 38.8 Å². The minimum absolute atomic E-state index is 0. The van der Waals surface area contributed by atoms with Crippen LogP contribution in [0.3, 0.4) is 0 Å². The Morgan fingerprint density at radius 1 is 0.880 bits per heavy atom. The number of rotatable bonds is 2. The van der Waals surface area contributed by atoms with E-state index in [1.54, 1.807) is 12.1 Å². The molecule has 0 radical (unpaired) electrons. The topological polar surface area (TPSA) is 6.48 Å². The van der Waals surface area contributed by atoms with Crippen LogP contribution in [0.2, 0.25) is 0 Å². The lowest BCUT2D eigenvalue weighted by Crippen LogP contribution is -2.50. The van der Waals surface area contributed by atoms with E-state index in [-0.39, 0.29) is 42.5 Å². The molecule has 1 fully saturated rings. The van der Waals surface area contributed by atoms with Crippen LogP contribution in [0.15, 0.2) is 42.5 Å². The Morgan fingerprint density at radius 2 is 1.60 bits per heavy atom. The molecule has 1 saturated heterocycles. The molecule has 25 heavy (non-hydrogen) atoms. The monoisotopic (exact) mass is 386 g/mol. The molecule has 2 aliphatic heterocycles. The molecule has 0 N–H and O–H groups in total. The van der Waals surface area contributed by atoms with Gasteiger partial charge in [0.25, 0.3) is 0 Å². The summed E-state index contributed by atoms with van der Waals surface area (Å²) >= 11 is 0. The zero-order valence-electron chi connectivity index (χ0n) is 13.8. The van der Waals surface area contributed by atoms with Gasteiger partial charge in [0.05, 0.1) is 0 Å². The Bertz CT molecular complexity index is 709. The maximum Gasteiger partial charge on any atom is 0.123 e. The van der Waals surface area contributed by atoms with Gasteiger partial charge in [-0.25, -0.2) is 8.78 Å². The van der Waals surface area contributed by atoms with Crippen molar-refractivity contribution in [2.75, 3.05) is 26.2 Å². The van der Waals surface area contributed by atoms with Crippen molar-refractivity contribution < 1.29 is 8.78 Å². The minimum Gasteiger partial charge on any atom is -0.296 e. The minimum atomic E-state index is -0.199. The molecule has 2 aromatic rings. The highest BCUT2D eigenvalue weighted by atomic mass is 35.5.